The van der Waals surface area contributed by atoms with E-state index in [-0.39, 0.29) is 0 Å². The molecule has 0 aliphatic rings. The first kappa shape index (κ1) is 32.9. The van der Waals surface area contributed by atoms with E-state index in [4.69, 9.17) is 19.9 Å². The zero-order valence-corrected chi connectivity index (χ0v) is 31.3. The fourth-order valence-corrected chi connectivity index (χ4v) is 8.47. The zero-order valence-electron chi connectivity index (χ0n) is 31.3. The van der Waals surface area contributed by atoms with Gasteiger partial charge >= 0.3 is 0 Å². The van der Waals surface area contributed by atoms with Crippen LogP contribution in [-0.2, 0) is 6.42 Å². The molecule has 0 spiro atoms. The lowest BCUT2D eigenvalue weighted by Gasteiger charge is -2.14. The highest BCUT2D eigenvalue weighted by molar-refractivity contribution is 6.20. The average molecular weight is 730 g/mol. The summed E-state index contributed by atoms with van der Waals surface area (Å²) < 4.78 is 2.28. The molecular formula is C52H35N5. The SMILES string of the molecule is CCc1nc2c3c(-c4ccc(-c5nc(-c6cccc7ccccc67)cc(-c6cccc7ccccc67)n5)cc4)nc4ccccc4c3ccc2n1-c1ccccc1. The predicted molar refractivity (Wildman–Crippen MR) is 236 cm³/mol. The van der Waals surface area contributed by atoms with Gasteiger partial charge in [-0.05, 0) is 57.3 Å². The van der Waals surface area contributed by atoms with E-state index >= 15 is 0 Å². The number of imidazole rings is 1. The molecule has 3 aromatic heterocycles. The van der Waals surface area contributed by atoms with Crippen molar-refractivity contribution >= 4 is 54.3 Å². The molecular weight excluding hydrogens is 695 g/mol. The smallest absolute Gasteiger partial charge is 0.160 e. The van der Waals surface area contributed by atoms with Crippen molar-refractivity contribution in [3.8, 4) is 50.8 Å². The number of para-hydroxylation sites is 2. The third kappa shape index (κ3) is 5.47. The Hall–Kier alpha value is -7.50. The van der Waals surface area contributed by atoms with Gasteiger partial charge in [0, 0.05) is 45.1 Å². The number of rotatable bonds is 6. The Bertz CT molecular complexity index is 3220. The first-order chi connectivity index (χ1) is 28.2. The molecule has 3 heterocycles. The van der Waals surface area contributed by atoms with Crippen LogP contribution >= 0.6 is 0 Å². The van der Waals surface area contributed by atoms with Crippen LogP contribution in [0.3, 0.4) is 0 Å². The number of benzene rings is 8. The molecule has 0 aliphatic heterocycles. The number of fused-ring (bicyclic) bond motifs is 7. The normalized spacial score (nSPS) is 11.7. The Morgan fingerprint density at radius 2 is 1.04 bits per heavy atom. The van der Waals surface area contributed by atoms with Crippen molar-refractivity contribution in [2.75, 3.05) is 0 Å². The van der Waals surface area contributed by atoms with Gasteiger partial charge in [-0.2, -0.15) is 0 Å². The van der Waals surface area contributed by atoms with E-state index in [0.29, 0.717) is 5.82 Å². The van der Waals surface area contributed by atoms with Crippen molar-refractivity contribution in [2.24, 2.45) is 0 Å². The van der Waals surface area contributed by atoms with Gasteiger partial charge in [0.05, 0.1) is 33.6 Å². The predicted octanol–water partition coefficient (Wildman–Crippen LogP) is 13.1. The van der Waals surface area contributed by atoms with Gasteiger partial charge in [-0.15, -0.1) is 0 Å². The van der Waals surface area contributed by atoms with E-state index in [9.17, 15) is 0 Å². The summed E-state index contributed by atoms with van der Waals surface area (Å²) in [6, 6.07) is 63.9. The molecule has 0 aliphatic carbocycles. The summed E-state index contributed by atoms with van der Waals surface area (Å²) in [4.78, 5) is 21.2. The lowest BCUT2D eigenvalue weighted by Crippen LogP contribution is -1.99. The van der Waals surface area contributed by atoms with Crippen LogP contribution < -0.4 is 0 Å². The molecule has 5 heteroatoms. The maximum absolute atomic E-state index is 5.35. The molecule has 0 saturated carbocycles. The highest BCUT2D eigenvalue weighted by Gasteiger charge is 2.20. The van der Waals surface area contributed by atoms with Crippen LogP contribution in [-0.4, -0.2) is 24.5 Å². The molecule has 5 nitrogen and oxygen atoms in total. The molecule has 0 saturated heterocycles. The van der Waals surface area contributed by atoms with Crippen molar-refractivity contribution in [2.45, 2.75) is 13.3 Å². The third-order valence-electron chi connectivity index (χ3n) is 11.2. The van der Waals surface area contributed by atoms with Gasteiger partial charge in [0.15, 0.2) is 5.82 Å². The molecule has 0 amide bonds. The maximum Gasteiger partial charge on any atom is 0.160 e. The van der Waals surface area contributed by atoms with E-state index in [0.717, 1.165) is 101 Å². The van der Waals surface area contributed by atoms with Crippen molar-refractivity contribution in [3.63, 3.8) is 0 Å². The minimum absolute atomic E-state index is 0.669. The summed E-state index contributed by atoms with van der Waals surface area (Å²) in [5.74, 6) is 1.69. The third-order valence-corrected chi connectivity index (χ3v) is 11.2. The van der Waals surface area contributed by atoms with Crippen molar-refractivity contribution in [3.05, 3.63) is 188 Å². The minimum Gasteiger partial charge on any atom is -0.296 e. The minimum atomic E-state index is 0.669. The molecule has 0 atom stereocenters. The Morgan fingerprint density at radius 3 is 1.70 bits per heavy atom. The highest BCUT2D eigenvalue weighted by atomic mass is 15.1. The second-order valence-electron chi connectivity index (χ2n) is 14.5. The Labute approximate surface area is 329 Å². The maximum atomic E-state index is 5.35. The molecule has 268 valence electrons. The van der Waals surface area contributed by atoms with Crippen molar-refractivity contribution < 1.29 is 0 Å². The van der Waals surface area contributed by atoms with Gasteiger partial charge in [0.2, 0.25) is 0 Å². The van der Waals surface area contributed by atoms with E-state index in [1.54, 1.807) is 0 Å². The largest absolute Gasteiger partial charge is 0.296 e. The van der Waals surface area contributed by atoms with Gasteiger partial charge in [0.25, 0.3) is 0 Å². The van der Waals surface area contributed by atoms with Crippen molar-refractivity contribution in [1.82, 2.24) is 24.5 Å². The Kier molecular flexibility index (Phi) is 7.71. The van der Waals surface area contributed by atoms with Crippen LogP contribution in [0.2, 0.25) is 0 Å². The second-order valence-corrected chi connectivity index (χ2v) is 14.5. The van der Waals surface area contributed by atoms with E-state index in [2.05, 4.69) is 193 Å². The van der Waals surface area contributed by atoms with Gasteiger partial charge in [-0.1, -0.05) is 159 Å². The van der Waals surface area contributed by atoms with Crippen LogP contribution in [0.5, 0.6) is 0 Å². The molecule has 0 N–H and O–H groups in total. The fraction of sp³-hybridized carbons (Fsp3) is 0.0385. The number of pyridine rings is 1. The van der Waals surface area contributed by atoms with Crippen LogP contribution in [0.4, 0.5) is 0 Å². The lowest BCUT2D eigenvalue weighted by molar-refractivity contribution is 0.908. The van der Waals surface area contributed by atoms with E-state index < -0.39 is 0 Å². The van der Waals surface area contributed by atoms with Crippen molar-refractivity contribution in [1.29, 1.82) is 0 Å². The first-order valence-electron chi connectivity index (χ1n) is 19.5. The number of nitrogens with zero attached hydrogens (tertiary/aromatic N) is 5. The number of aromatic nitrogens is 5. The first-order valence-corrected chi connectivity index (χ1v) is 19.5. The van der Waals surface area contributed by atoms with Crippen LogP contribution in [0, 0.1) is 0 Å². The molecule has 0 radical (unpaired) electrons. The number of aryl methyl sites for hydroxylation is 1. The van der Waals surface area contributed by atoms with E-state index in [1.807, 2.05) is 0 Å². The molecule has 0 bridgehead atoms. The van der Waals surface area contributed by atoms with Crippen LogP contribution in [0.15, 0.2) is 182 Å². The Balaban J connectivity index is 1.11. The fourth-order valence-electron chi connectivity index (χ4n) is 8.47. The summed E-state index contributed by atoms with van der Waals surface area (Å²) in [6.45, 7) is 2.17. The quantitative estimate of drug-likeness (QED) is 0.160. The van der Waals surface area contributed by atoms with Gasteiger partial charge in [0.1, 0.15) is 5.82 Å². The molecule has 11 aromatic rings. The monoisotopic (exact) mass is 729 g/mol. The zero-order chi connectivity index (χ0) is 37.9. The molecule has 11 rings (SSSR count). The molecule has 0 unspecified atom stereocenters. The second kappa shape index (κ2) is 13.4. The molecule has 0 fully saturated rings. The average Bonchev–Trinajstić information content (AvgIpc) is 3.68. The van der Waals surface area contributed by atoms with E-state index in [1.165, 1.54) is 10.8 Å². The Morgan fingerprint density at radius 1 is 0.456 bits per heavy atom. The molecule has 57 heavy (non-hydrogen) atoms. The summed E-state index contributed by atoms with van der Waals surface area (Å²) in [7, 11) is 0. The van der Waals surface area contributed by atoms with Gasteiger partial charge < -0.3 is 0 Å². The van der Waals surface area contributed by atoms with Gasteiger partial charge in [-0.3, -0.25) is 4.57 Å². The number of hydrogen-bond acceptors (Lipinski definition) is 4. The summed E-state index contributed by atoms with van der Waals surface area (Å²) >= 11 is 0. The van der Waals surface area contributed by atoms with Gasteiger partial charge in [-0.25, -0.2) is 19.9 Å². The van der Waals surface area contributed by atoms with Crippen LogP contribution in [0.1, 0.15) is 12.7 Å². The van der Waals surface area contributed by atoms with Crippen LogP contribution in [0.25, 0.3) is 105 Å². The topological polar surface area (TPSA) is 56.5 Å². The highest BCUT2D eigenvalue weighted by Crippen LogP contribution is 2.39. The summed E-state index contributed by atoms with van der Waals surface area (Å²) in [5, 5.41) is 7.97. The standard InChI is InChI=1S/C52H35N5/c1-2-48-56-51-47(57(48)37-18-4-3-5-19-37)31-30-43-42-22-10-11-25-44(42)53-50(49(43)51)35-26-28-36(29-27-35)52-54-45(40-23-12-16-33-14-6-8-20-38(33)40)32-46(55-52)41-24-13-17-34-15-7-9-21-39(34)41/h3-32H,2H2,1H3. The number of hydrogen-bond donors (Lipinski definition) is 0. The molecule has 8 aromatic carbocycles. The summed E-state index contributed by atoms with van der Waals surface area (Å²) in [5.41, 5.74) is 10.8. The summed E-state index contributed by atoms with van der Waals surface area (Å²) in [6.07, 6.45) is 0.800. The lowest BCUT2D eigenvalue weighted by atomic mass is 9.97.